The Hall–Kier alpha value is -1.24. The van der Waals surface area contributed by atoms with Crippen molar-refractivity contribution in [2.75, 3.05) is 19.6 Å². The number of hydrogen-bond donors (Lipinski definition) is 2. The second kappa shape index (κ2) is 7.11. The van der Waals surface area contributed by atoms with Crippen LogP contribution in [0.1, 0.15) is 13.8 Å². The largest absolute Gasteiger partial charge is 0.443 e. The van der Waals surface area contributed by atoms with Gasteiger partial charge in [-0.15, -0.1) is 0 Å². The molecule has 0 spiro atoms. The van der Waals surface area contributed by atoms with E-state index in [0.29, 0.717) is 0 Å². The highest BCUT2D eigenvalue weighted by molar-refractivity contribution is 6.13. The van der Waals surface area contributed by atoms with E-state index < -0.39 is 6.09 Å². The first-order chi connectivity index (χ1) is 7.13. The molecule has 1 saturated heterocycles. The fourth-order valence-corrected chi connectivity index (χ4v) is 0.948. The van der Waals surface area contributed by atoms with Crippen LogP contribution in [0.2, 0.25) is 0 Å². The molecule has 2 amide bonds. The Morgan fingerprint density at radius 2 is 2.33 bits per heavy atom. The van der Waals surface area contributed by atoms with Crippen LogP contribution in [0.3, 0.4) is 0 Å². The van der Waals surface area contributed by atoms with Gasteiger partial charge in [0.25, 0.3) is 0 Å². The molecule has 0 bridgehead atoms. The van der Waals surface area contributed by atoms with Crippen molar-refractivity contribution in [2.45, 2.75) is 20.0 Å². The molecule has 1 unspecified atom stereocenters. The molecule has 15 heavy (non-hydrogen) atoms. The van der Waals surface area contributed by atoms with Gasteiger partial charge in [-0.1, -0.05) is 13.8 Å². The summed E-state index contributed by atoms with van der Waals surface area (Å²) in [6.45, 7) is 4.45. The molecule has 1 aliphatic rings. The van der Waals surface area contributed by atoms with Gasteiger partial charge in [-0.2, -0.15) is 0 Å². The molecule has 2 radical (unpaired) electrons. The van der Waals surface area contributed by atoms with E-state index in [-0.39, 0.29) is 31.6 Å². The van der Waals surface area contributed by atoms with E-state index in [9.17, 15) is 9.59 Å². The lowest BCUT2D eigenvalue weighted by molar-refractivity contribution is -0.120. The molecular weight excluding hydrogens is 197 g/mol. The minimum atomic E-state index is -0.577. The Bertz CT molecular complexity index is 225. The first-order valence-corrected chi connectivity index (χ1v) is 4.83. The van der Waals surface area contributed by atoms with Gasteiger partial charge >= 0.3 is 6.09 Å². The summed E-state index contributed by atoms with van der Waals surface area (Å²) in [5, 5.41) is 2.49. The third kappa shape index (κ3) is 4.69. The van der Waals surface area contributed by atoms with Crippen molar-refractivity contribution < 1.29 is 14.3 Å². The Morgan fingerprint density at radius 1 is 1.73 bits per heavy atom. The van der Waals surface area contributed by atoms with Crippen molar-refractivity contribution in [2.24, 2.45) is 5.73 Å². The van der Waals surface area contributed by atoms with Gasteiger partial charge in [0.05, 0.1) is 13.1 Å². The molecule has 1 fully saturated rings. The molecular formula is C8H16BN3O3. The fourth-order valence-electron chi connectivity index (χ4n) is 0.948. The van der Waals surface area contributed by atoms with Gasteiger partial charge in [-0.05, 0) is 0 Å². The van der Waals surface area contributed by atoms with E-state index in [2.05, 4.69) is 5.32 Å². The fraction of sp³-hybridized carbons (Fsp3) is 0.750. The Morgan fingerprint density at radius 3 is 2.73 bits per heavy atom. The molecule has 1 rings (SSSR count). The van der Waals surface area contributed by atoms with E-state index in [4.69, 9.17) is 18.5 Å². The monoisotopic (exact) mass is 213 g/mol. The van der Waals surface area contributed by atoms with Gasteiger partial charge < -0.3 is 20.6 Å². The maximum absolute atomic E-state index is 10.7. The molecule has 84 valence electrons. The minimum absolute atomic E-state index is 0.0764. The van der Waals surface area contributed by atoms with Crippen LogP contribution in [0.4, 0.5) is 4.79 Å². The molecule has 0 saturated carbocycles. The summed E-state index contributed by atoms with van der Waals surface area (Å²) < 4.78 is 4.77. The van der Waals surface area contributed by atoms with E-state index >= 15 is 0 Å². The van der Waals surface area contributed by atoms with Crippen LogP contribution in [0.5, 0.6) is 0 Å². The summed E-state index contributed by atoms with van der Waals surface area (Å²) in [6, 6.07) is 0. The van der Waals surface area contributed by atoms with Crippen LogP contribution in [0, 0.1) is 0 Å². The maximum Gasteiger partial charge on any atom is 0.397 e. The summed E-state index contributed by atoms with van der Waals surface area (Å²) in [6.07, 6.45) is -0.958. The quantitative estimate of drug-likeness (QED) is 0.588. The molecule has 1 atom stereocenters. The van der Waals surface area contributed by atoms with Gasteiger partial charge in [0.15, 0.2) is 0 Å². The van der Waals surface area contributed by atoms with Gasteiger partial charge in [-0.3, -0.25) is 4.79 Å². The molecule has 0 aromatic carbocycles. The number of nitrogens with zero attached hydrogens (tertiary/aromatic N) is 1. The molecule has 0 aromatic heterocycles. The van der Waals surface area contributed by atoms with E-state index in [1.54, 1.807) is 0 Å². The van der Waals surface area contributed by atoms with Crippen LogP contribution in [0.15, 0.2) is 0 Å². The Balaban J connectivity index is 0.000000921. The molecule has 3 N–H and O–H groups in total. The topological polar surface area (TPSA) is 84.7 Å². The summed E-state index contributed by atoms with van der Waals surface area (Å²) >= 11 is 0. The van der Waals surface area contributed by atoms with Crippen molar-refractivity contribution >= 4 is 20.0 Å². The number of nitrogens with two attached hydrogens (primary N) is 1. The number of ether oxygens (including phenoxy) is 1. The zero-order chi connectivity index (χ0) is 11.8. The zero-order valence-corrected chi connectivity index (χ0v) is 9.03. The number of carbonyl (C=O) groups is 2. The molecule has 0 aromatic rings. The van der Waals surface area contributed by atoms with Crippen LogP contribution in [-0.2, 0) is 9.53 Å². The normalized spacial score (nSPS) is 19.0. The highest BCUT2D eigenvalue weighted by atomic mass is 16.6. The summed E-state index contributed by atoms with van der Waals surface area (Å²) in [4.78, 5) is 22.4. The molecule has 0 aliphatic carbocycles. The average molecular weight is 213 g/mol. The van der Waals surface area contributed by atoms with Gasteiger partial charge in [0.1, 0.15) is 6.10 Å². The number of rotatable bonds is 3. The lowest BCUT2D eigenvalue weighted by atomic mass is 10.3. The Kier molecular flexibility index (Phi) is 6.52. The predicted molar refractivity (Wildman–Crippen MR) is 56.1 cm³/mol. The summed E-state index contributed by atoms with van der Waals surface area (Å²) in [7, 11) is 5.23. The number of carbonyl (C=O) groups excluding carboxylic acids is 2. The standard InChI is InChI=1S/C6H10BN3O3.C2H6/c7-10-3-4(13-6(10)12)2-9-5(11)1-8;1-2/h4H,1-3,8H2,(H,9,11);1-2H3. The second-order valence-corrected chi connectivity index (χ2v) is 2.67. The lowest BCUT2D eigenvalue weighted by Crippen LogP contribution is -2.37. The number of hydrogen-bond acceptors (Lipinski definition) is 4. The number of nitrogens with one attached hydrogen (secondary N) is 1. The van der Waals surface area contributed by atoms with Crippen LogP contribution >= 0.6 is 0 Å². The summed E-state index contributed by atoms with van der Waals surface area (Å²) in [5.74, 6) is -0.286. The zero-order valence-electron chi connectivity index (χ0n) is 9.03. The van der Waals surface area contributed by atoms with Crippen LogP contribution < -0.4 is 11.1 Å². The predicted octanol–water partition coefficient (Wildman–Crippen LogP) is -1.01. The van der Waals surface area contributed by atoms with Crippen molar-refractivity contribution in [1.29, 1.82) is 0 Å². The van der Waals surface area contributed by atoms with Gasteiger partial charge in [-0.25, -0.2) is 4.79 Å². The molecule has 1 heterocycles. The number of amides is 2. The first-order valence-electron chi connectivity index (χ1n) is 4.83. The highest BCUT2D eigenvalue weighted by Gasteiger charge is 2.27. The molecule has 1 aliphatic heterocycles. The smallest absolute Gasteiger partial charge is 0.397 e. The highest BCUT2D eigenvalue weighted by Crippen LogP contribution is 2.06. The summed E-state index contributed by atoms with van der Waals surface area (Å²) in [5.41, 5.74) is 5.06. The van der Waals surface area contributed by atoms with E-state index in [0.717, 1.165) is 4.81 Å². The molecule has 7 heteroatoms. The van der Waals surface area contributed by atoms with Crippen LogP contribution in [-0.4, -0.2) is 50.5 Å². The van der Waals surface area contributed by atoms with Gasteiger partial charge in [0.2, 0.25) is 13.9 Å². The molecule has 6 nitrogen and oxygen atoms in total. The second-order valence-electron chi connectivity index (χ2n) is 2.67. The SMILES string of the molecule is CC.[B]N1CC(CNC(=O)CN)OC1=O. The van der Waals surface area contributed by atoms with Crippen LogP contribution in [0.25, 0.3) is 0 Å². The average Bonchev–Trinajstić information content (AvgIpc) is 2.58. The Labute approximate surface area is 90.6 Å². The van der Waals surface area contributed by atoms with Crippen molar-refractivity contribution in [3.05, 3.63) is 0 Å². The van der Waals surface area contributed by atoms with Crippen molar-refractivity contribution in [3.63, 3.8) is 0 Å². The van der Waals surface area contributed by atoms with Gasteiger partial charge in [0, 0.05) is 6.54 Å². The lowest BCUT2D eigenvalue weighted by Gasteiger charge is -2.08. The van der Waals surface area contributed by atoms with Crippen molar-refractivity contribution in [1.82, 2.24) is 10.1 Å². The third-order valence-corrected chi connectivity index (χ3v) is 1.61. The van der Waals surface area contributed by atoms with Crippen molar-refractivity contribution in [3.8, 4) is 0 Å². The van der Waals surface area contributed by atoms with E-state index in [1.165, 1.54) is 0 Å². The van der Waals surface area contributed by atoms with E-state index in [1.807, 2.05) is 13.8 Å². The minimum Gasteiger partial charge on any atom is -0.443 e. The number of cyclic esters (lactones) is 1. The maximum atomic E-state index is 10.7. The first kappa shape index (κ1) is 13.8. The third-order valence-electron chi connectivity index (χ3n) is 1.61.